The van der Waals surface area contributed by atoms with Crippen molar-refractivity contribution in [1.82, 2.24) is 0 Å². The van der Waals surface area contributed by atoms with Crippen LogP contribution in [0.25, 0.3) is 11.0 Å². The van der Waals surface area contributed by atoms with Gasteiger partial charge in [0.2, 0.25) is 5.75 Å². The lowest BCUT2D eigenvalue weighted by Gasteiger charge is -2.38. The van der Waals surface area contributed by atoms with Crippen molar-refractivity contribution < 1.29 is 13.9 Å². The molecule has 0 fully saturated rings. The SMILES string of the molecule is Cc1ccc2c(c1)[C@@H]1COc3c(c4ccccc4oc3=O)[C@@H]1CO2. The van der Waals surface area contributed by atoms with Gasteiger partial charge in [-0.25, -0.2) is 4.79 Å². The summed E-state index contributed by atoms with van der Waals surface area (Å²) in [6.45, 7) is 3.09. The number of hydrogen-bond donors (Lipinski definition) is 0. The molecule has 0 radical (unpaired) electrons. The van der Waals surface area contributed by atoms with Gasteiger partial charge in [0.15, 0.2) is 0 Å². The van der Waals surface area contributed by atoms with Gasteiger partial charge in [-0.1, -0.05) is 35.9 Å². The normalized spacial score (nSPS) is 21.2. The number of hydrogen-bond acceptors (Lipinski definition) is 4. The molecule has 0 aliphatic carbocycles. The van der Waals surface area contributed by atoms with Crippen molar-refractivity contribution in [2.45, 2.75) is 18.8 Å². The fourth-order valence-electron chi connectivity index (χ4n) is 3.93. The topological polar surface area (TPSA) is 48.7 Å². The van der Waals surface area contributed by atoms with Crippen molar-refractivity contribution in [3.05, 3.63) is 69.6 Å². The second-order valence-corrected chi connectivity index (χ2v) is 6.50. The highest BCUT2D eigenvalue weighted by atomic mass is 16.5. The Hall–Kier alpha value is -2.75. The summed E-state index contributed by atoms with van der Waals surface area (Å²) >= 11 is 0. The monoisotopic (exact) mass is 320 g/mol. The zero-order chi connectivity index (χ0) is 16.3. The summed E-state index contributed by atoms with van der Waals surface area (Å²) in [4.78, 5) is 12.3. The first-order valence-corrected chi connectivity index (χ1v) is 8.14. The van der Waals surface area contributed by atoms with E-state index in [2.05, 4.69) is 19.1 Å². The molecule has 2 aromatic carbocycles. The van der Waals surface area contributed by atoms with Crippen molar-refractivity contribution >= 4 is 11.0 Å². The van der Waals surface area contributed by atoms with Crippen LogP contribution in [0.15, 0.2) is 51.7 Å². The third-order valence-electron chi connectivity index (χ3n) is 5.06. The molecule has 24 heavy (non-hydrogen) atoms. The Balaban J connectivity index is 1.76. The predicted molar refractivity (Wildman–Crippen MR) is 90.1 cm³/mol. The molecule has 2 aliphatic rings. The quantitative estimate of drug-likeness (QED) is 0.592. The van der Waals surface area contributed by atoms with Crippen LogP contribution in [0.2, 0.25) is 0 Å². The van der Waals surface area contributed by atoms with E-state index in [0.717, 1.165) is 22.3 Å². The molecule has 120 valence electrons. The summed E-state index contributed by atoms with van der Waals surface area (Å²) in [5.41, 5.74) is 3.47. The van der Waals surface area contributed by atoms with Crippen LogP contribution < -0.4 is 15.1 Å². The molecule has 2 aliphatic heterocycles. The Morgan fingerprint density at radius 3 is 2.75 bits per heavy atom. The fraction of sp³-hybridized carbons (Fsp3) is 0.250. The van der Waals surface area contributed by atoms with E-state index in [0.29, 0.717) is 24.5 Å². The molecular formula is C20H16O4. The van der Waals surface area contributed by atoms with Gasteiger partial charge in [-0.15, -0.1) is 0 Å². The minimum Gasteiger partial charge on any atom is -0.493 e. The second kappa shape index (κ2) is 4.87. The van der Waals surface area contributed by atoms with E-state index in [9.17, 15) is 4.79 Å². The van der Waals surface area contributed by atoms with Gasteiger partial charge in [-0.3, -0.25) is 0 Å². The Morgan fingerprint density at radius 1 is 1.00 bits per heavy atom. The molecule has 0 spiro atoms. The van der Waals surface area contributed by atoms with Gasteiger partial charge in [-0.05, 0) is 19.1 Å². The Bertz CT molecular complexity index is 1020. The van der Waals surface area contributed by atoms with Gasteiger partial charge in [0.25, 0.3) is 0 Å². The summed E-state index contributed by atoms with van der Waals surface area (Å²) in [5.74, 6) is 1.54. The lowest BCUT2D eigenvalue weighted by Crippen LogP contribution is -2.34. The smallest absolute Gasteiger partial charge is 0.379 e. The standard InChI is InChI=1S/C20H16O4/c1-11-6-7-16-13(8-11)14-9-23-19-18(15(14)10-22-16)12-4-2-3-5-17(12)24-20(19)21/h2-8,14-15H,9-10H2,1H3/t14-,15+/m0/s1. The van der Waals surface area contributed by atoms with Gasteiger partial charge < -0.3 is 13.9 Å². The zero-order valence-corrected chi connectivity index (χ0v) is 13.2. The maximum atomic E-state index is 12.3. The molecule has 1 aromatic heterocycles. The van der Waals surface area contributed by atoms with Gasteiger partial charge in [0, 0.05) is 28.3 Å². The third-order valence-corrected chi connectivity index (χ3v) is 5.06. The molecule has 0 saturated carbocycles. The van der Waals surface area contributed by atoms with E-state index in [1.54, 1.807) is 0 Å². The molecule has 0 unspecified atom stereocenters. The maximum Gasteiger partial charge on any atom is 0.379 e. The third kappa shape index (κ3) is 1.83. The fourth-order valence-corrected chi connectivity index (χ4v) is 3.93. The molecule has 3 aromatic rings. The number of benzene rings is 2. The van der Waals surface area contributed by atoms with Crippen LogP contribution in [-0.4, -0.2) is 13.2 Å². The lowest BCUT2D eigenvalue weighted by molar-refractivity contribution is 0.165. The highest BCUT2D eigenvalue weighted by Gasteiger charge is 2.40. The Kier molecular flexibility index (Phi) is 2.77. The highest BCUT2D eigenvalue weighted by Crippen LogP contribution is 2.48. The first-order valence-electron chi connectivity index (χ1n) is 8.14. The number of aryl methyl sites for hydroxylation is 1. The Morgan fingerprint density at radius 2 is 1.83 bits per heavy atom. The minimum absolute atomic E-state index is 0.0945. The molecule has 0 saturated heterocycles. The average Bonchev–Trinajstić information content (AvgIpc) is 2.61. The minimum atomic E-state index is -0.405. The average molecular weight is 320 g/mol. The summed E-state index contributed by atoms with van der Waals surface area (Å²) in [7, 11) is 0. The van der Waals surface area contributed by atoms with Crippen molar-refractivity contribution in [3.63, 3.8) is 0 Å². The molecule has 5 rings (SSSR count). The van der Waals surface area contributed by atoms with Gasteiger partial charge in [-0.2, -0.15) is 0 Å². The number of ether oxygens (including phenoxy) is 2. The summed E-state index contributed by atoms with van der Waals surface area (Å²) in [6.07, 6.45) is 0. The largest absolute Gasteiger partial charge is 0.493 e. The van der Waals surface area contributed by atoms with Gasteiger partial charge in [0.05, 0.1) is 13.2 Å². The van der Waals surface area contributed by atoms with Crippen molar-refractivity contribution in [3.8, 4) is 11.5 Å². The van der Waals surface area contributed by atoms with E-state index in [1.807, 2.05) is 30.3 Å². The van der Waals surface area contributed by atoms with Crippen LogP contribution in [0.5, 0.6) is 11.5 Å². The van der Waals surface area contributed by atoms with Crippen LogP contribution in [0.1, 0.15) is 28.5 Å². The van der Waals surface area contributed by atoms with Crippen LogP contribution in [0.4, 0.5) is 0 Å². The van der Waals surface area contributed by atoms with Gasteiger partial charge in [0.1, 0.15) is 11.3 Å². The molecule has 4 heteroatoms. The molecule has 3 heterocycles. The van der Waals surface area contributed by atoms with Crippen LogP contribution in [-0.2, 0) is 0 Å². The second-order valence-electron chi connectivity index (χ2n) is 6.50. The summed E-state index contributed by atoms with van der Waals surface area (Å²) in [5, 5.41) is 0.932. The van der Waals surface area contributed by atoms with Crippen LogP contribution >= 0.6 is 0 Å². The van der Waals surface area contributed by atoms with Crippen molar-refractivity contribution in [1.29, 1.82) is 0 Å². The number of para-hydroxylation sites is 1. The van der Waals surface area contributed by atoms with Crippen molar-refractivity contribution in [2.75, 3.05) is 13.2 Å². The number of rotatable bonds is 0. The first kappa shape index (κ1) is 13.7. The molecule has 4 nitrogen and oxygen atoms in total. The highest BCUT2D eigenvalue weighted by molar-refractivity contribution is 5.83. The first-order chi connectivity index (χ1) is 11.7. The van der Waals surface area contributed by atoms with Crippen molar-refractivity contribution in [2.24, 2.45) is 0 Å². The molecule has 2 atom stereocenters. The predicted octanol–water partition coefficient (Wildman–Crippen LogP) is 3.75. The summed E-state index contributed by atoms with van der Waals surface area (Å²) in [6, 6.07) is 13.9. The van der Waals surface area contributed by atoms with E-state index >= 15 is 0 Å². The van der Waals surface area contributed by atoms with Crippen LogP contribution in [0.3, 0.4) is 0 Å². The number of fused-ring (bicyclic) bond motifs is 7. The van der Waals surface area contributed by atoms with Crippen LogP contribution in [0, 0.1) is 6.92 Å². The molecular weight excluding hydrogens is 304 g/mol. The van der Waals surface area contributed by atoms with E-state index in [1.165, 1.54) is 5.56 Å². The molecule has 0 N–H and O–H groups in total. The Labute approximate surface area is 138 Å². The van der Waals surface area contributed by atoms with E-state index < -0.39 is 5.63 Å². The summed E-state index contributed by atoms with van der Waals surface area (Å²) < 4.78 is 17.3. The van der Waals surface area contributed by atoms with E-state index in [-0.39, 0.29) is 11.8 Å². The maximum absolute atomic E-state index is 12.3. The molecule has 0 bridgehead atoms. The van der Waals surface area contributed by atoms with Gasteiger partial charge >= 0.3 is 5.63 Å². The zero-order valence-electron chi connectivity index (χ0n) is 13.2. The van der Waals surface area contributed by atoms with E-state index in [4.69, 9.17) is 13.9 Å². The lowest BCUT2D eigenvalue weighted by atomic mass is 9.77. The molecule has 0 amide bonds.